The molecule has 3 aromatic rings. The summed E-state index contributed by atoms with van der Waals surface area (Å²) in [6, 6.07) is 5.66. The van der Waals surface area contributed by atoms with Crippen LogP contribution in [-0.4, -0.2) is 45.0 Å². The summed E-state index contributed by atoms with van der Waals surface area (Å²) < 4.78 is 0. The average Bonchev–Trinajstić information content (AvgIpc) is 3.11. The molecule has 4 heterocycles. The fourth-order valence-electron chi connectivity index (χ4n) is 3.28. The maximum atomic E-state index is 12.3. The smallest absolute Gasteiger partial charge is 0.251 e. The predicted molar refractivity (Wildman–Crippen MR) is 95.6 cm³/mol. The standard InChI is InChI=1S/C18H20N6O/c1-12-21-16-15(4-9-20-16)17(22-12)24-10-5-14(6-11-24)23-18(25)13-2-7-19-8-3-13/h2-4,7-9,14H,5-6,10-11H2,1H3,(H,23,25)(H,20,21,22). The van der Waals surface area contributed by atoms with Gasteiger partial charge in [-0.1, -0.05) is 0 Å². The molecule has 7 nitrogen and oxygen atoms in total. The summed E-state index contributed by atoms with van der Waals surface area (Å²) in [6.07, 6.45) is 6.95. The fraction of sp³-hybridized carbons (Fsp3) is 0.333. The summed E-state index contributed by atoms with van der Waals surface area (Å²) in [4.78, 5) is 30.7. The van der Waals surface area contributed by atoms with Crippen molar-refractivity contribution in [2.75, 3.05) is 18.0 Å². The Balaban J connectivity index is 1.43. The van der Waals surface area contributed by atoms with Crippen LogP contribution in [0.2, 0.25) is 0 Å². The number of amides is 1. The van der Waals surface area contributed by atoms with Gasteiger partial charge in [0.25, 0.3) is 5.91 Å². The van der Waals surface area contributed by atoms with E-state index in [1.165, 1.54) is 0 Å². The molecule has 7 heteroatoms. The van der Waals surface area contributed by atoms with Gasteiger partial charge in [-0.2, -0.15) is 0 Å². The lowest BCUT2D eigenvalue weighted by molar-refractivity contribution is 0.0931. The Kier molecular flexibility index (Phi) is 4.05. The van der Waals surface area contributed by atoms with Gasteiger partial charge in [-0.25, -0.2) is 9.97 Å². The van der Waals surface area contributed by atoms with Crippen LogP contribution in [0.15, 0.2) is 36.8 Å². The van der Waals surface area contributed by atoms with Gasteiger partial charge in [-0.3, -0.25) is 9.78 Å². The van der Waals surface area contributed by atoms with E-state index in [-0.39, 0.29) is 11.9 Å². The molecule has 0 radical (unpaired) electrons. The molecule has 0 aliphatic carbocycles. The molecule has 25 heavy (non-hydrogen) atoms. The first-order valence-electron chi connectivity index (χ1n) is 8.48. The molecule has 0 spiro atoms. The Morgan fingerprint density at radius 2 is 1.96 bits per heavy atom. The van der Waals surface area contributed by atoms with Gasteiger partial charge in [0.15, 0.2) is 0 Å². The molecule has 128 valence electrons. The minimum atomic E-state index is -0.0354. The first-order valence-corrected chi connectivity index (χ1v) is 8.48. The summed E-state index contributed by atoms with van der Waals surface area (Å²) in [7, 11) is 0. The SMILES string of the molecule is Cc1nc(N2CCC(NC(=O)c3ccncc3)CC2)c2cc[nH]c2n1. The van der Waals surface area contributed by atoms with E-state index in [4.69, 9.17) is 0 Å². The lowest BCUT2D eigenvalue weighted by Gasteiger charge is -2.33. The summed E-state index contributed by atoms with van der Waals surface area (Å²) in [6.45, 7) is 3.63. The second-order valence-electron chi connectivity index (χ2n) is 6.31. The number of piperidine rings is 1. The molecule has 0 aromatic carbocycles. The van der Waals surface area contributed by atoms with Gasteiger partial charge < -0.3 is 15.2 Å². The quantitative estimate of drug-likeness (QED) is 0.764. The maximum absolute atomic E-state index is 12.3. The van der Waals surface area contributed by atoms with E-state index in [0.717, 1.165) is 48.6 Å². The monoisotopic (exact) mass is 336 g/mol. The number of aryl methyl sites for hydroxylation is 1. The summed E-state index contributed by atoms with van der Waals surface area (Å²) in [5.41, 5.74) is 1.52. The Morgan fingerprint density at radius 3 is 2.72 bits per heavy atom. The molecular formula is C18H20N6O. The van der Waals surface area contributed by atoms with Crippen LogP contribution in [0.4, 0.5) is 5.82 Å². The van der Waals surface area contributed by atoms with Gasteiger partial charge in [-0.15, -0.1) is 0 Å². The molecule has 1 saturated heterocycles. The lowest BCUT2D eigenvalue weighted by Crippen LogP contribution is -2.45. The van der Waals surface area contributed by atoms with Crippen molar-refractivity contribution in [3.8, 4) is 0 Å². The van der Waals surface area contributed by atoms with Crippen molar-refractivity contribution in [1.82, 2.24) is 25.3 Å². The molecule has 2 N–H and O–H groups in total. The van der Waals surface area contributed by atoms with E-state index in [1.807, 2.05) is 19.2 Å². The molecule has 4 rings (SSSR count). The van der Waals surface area contributed by atoms with Crippen molar-refractivity contribution in [3.05, 3.63) is 48.2 Å². The zero-order valence-electron chi connectivity index (χ0n) is 14.1. The van der Waals surface area contributed by atoms with Crippen molar-refractivity contribution >= 4 is 22.8 Å². The number of hydrogen-bond donors (Lipinski definition) is 2. The highest BCUT2D eigenvalue weighted by atomic mass is 16.1. The van der Waals surface area contributed by atoms with Crippen LogP contribution in [0.1, 0.15) is 29.0 Å². The predicted octanol–water partition coefficient (Wildman–Crippen LogP) is 2.06. The first kappa shape index (κ1) is 15.6. The van der Waals surface area contributed by atoms with Crippen LogP contribution in [0.3, 0.4) is 0 Å². The number of carbonyl (C=O) groups excluding carboxylic acids is 1. The molecule has 0 bridgehead atoms. The van der Waals surface area contributed by atoms with Crippen molar-refractivity contribution in [2.24, 2.45) is 0 Å². The number of aromatic nitrogens is 4. The second kappa shape index (κ2) is 6.51. The average molecular weight is 336 g/mol. The minimum Gasteiger partial charge on any atom is -0.356 e. The lowest BCUT2D eigenvalue weighted by atomic mass is 10.0. The highest BCUT2D eigenvalue weighted by molar-refractivity contribution is 5.94. The number of H-pyrrole nitrogens is 1. The summed E-state index contributed by atoms with van der Waals surface area (Å²) in [5.74, 6) is 1.70. The molecule has 0 unspecified atom stereocenters. The van der Waals surface area contributed by atoms with Crippen LogP contribution < -0.4 is 10.2 Å². The van der Waals surface area contributed by atoms with E-state index in [0.29, 0.717) is 5.56 Å². The highest BCUT2D eigenvalue weighted by Crippen LogP contribution is 2.26. The van der Waals surface area contributed by atoms with Crippen LogP contribution in [0.25, 0.3) is 11.0 Å². The number of hydrogen-bond acceptors (Lipinski definition) is 5. The van der Waals surface area contributed by atoms with Crippen molar-refractivity contribution < 1.29 is 4.79 Å². The molecular weight excluding hydrogens is 316 g/mol. The molecule has 1 aliphatic heterocycles. The Morgan fingerprint density at radius 1 is 1.20 bits per heavy atom. The first-order chi connectivity index (χ1) is 12.2. The van der Waals surface area contributed by atoms with Crippen molar-refractivity contribution in [1.29, 1.82) is 0 Å². The maximum Gasteiger partial charge on any atom is 0.251 e. The fourth-order valence-corrected chi connectivity index (χ4v) is 3.28. The van der Waals surface area contributed by atoms with E-state index in [1.54, 1.807) is 24.5 Å². The number of nitrogens with one attached hydrogen (secondary N) is 2. The third-order valence-corrected chi connectivity index (χ3v) is 4.58. The Bertz CT molecular complexity index is 883. The van der Waals surface area contributed by atoms with Crippen molar-refractivity contribution in [3.63, 3.8) is 0 Å². The van der Waals surface area contributed by atoms with Gasteiger partial charge in [-0.05, 0) is 38.0 Å². The molecule has 0 atom stereocenters. The van der Waals surface area contributed by atoms with E-state index < -0.39 is 0 Å². The van der Waals surface area contributed by atoms with Gasteiger partial charge >= 0.3 is 0 Å². The second-order valence-corrected chi connectivity index (χ2v) is 6.31. The van der Waals surface area contributed by atoms with Crippen LogP contribution >= 0.6 is 0 Å². The third kappa shape index (κ3) is 3.17. The number of nitrogens with zero attached hydrogens (tertiary/aromatic N) is 4. The normalized spacial score (nSPS) is 15.5. The van der Waals surface area contributed by atoms with Gasteiger partial charge in [0, 0.05) is 43.3 Å². The molecule has 0 saturated carbocycles. The number of fused-ring (bicyclic) bond motifs is 1. The zero-order chi connectivity index (χ0) is 17.2. The third-order valence-electron chi connectivity index (χ3n) is 4.58. The number of pyridine rings is 1. The largest absolute Gasteiger partial charge is 0.356 e. The number of aromatic amines is 1. The summed E-state index contributed by atoms with van der Waals surface area (Å²) >= 11 is 0. The molecule has 1 amide bonds. The van der Waals surface area contributed by atoms with Crippen LogP contribution in [0, 0.1) is 6.92 Å². The highest BCUT2D eigenvalue weighted by Gasteiger charge is 2.23. The number of carbonyl (C=O) groups is 1. The zero-order valence-corrected chi connectivity index (χ0v) is 14.1. The van der Waals surface area contributed by atoms with Gasteiger partial charge in [0.05, 0.1) is 5.39 Å². The Labute approximate surface area is 145 Å². The molecule has 1 fully saturated rings. The Hall–Kier alpha value is -2.96. The van der Waals surface area contributed by atoms with Crippen LogP contribution in [0.5, 0.6) is 0 Å². The van der Waals surface area contributed by atoms with E-state index in [2.05, 4.69) is 30.2 Å². The number of anilines is 1. The number of rotatable bonds is 3. The molecule has 3 aromatic heterocycles. The summed E-state index contributed by atoms with van der Waals surface area (Å²) in [5, 5.41) is 4.16. The van der Waals surface area contributed by atoms with E-state index in [9.17, 15) is 4.79 Å². The van der Waals surface area contributed by atoms with Crippen LogP contribution in [-0.2, 0) is 0 Å². The molecule has 1 aliphatic rings. The van der Waals surface area contributed by atoms with Crippen molar-refractivity contribution in [2.45, 2.75) is 25.8 Å². The van der Waals surface area contributed by atoms with Gasteiger partial charge in [0.1, 0.15) is 17.3 Å². The minimum absolute atomic E-state index is 0.0354. The topological polar surface area (TPSA) is 86.8 Å². The van der Waals surface area contributed by atoms with E-state index >= 15 is 0 Å². The van der Waals surface area contributed by atoms with Gasteiger partial charge in [0.2, 0.25) is 0 Å².